The number of aromatic nitrogens is 2. The van der Waals surface area contributed by atoms with Gasteiger partial charge in [-0.25, -0.2) is 13.2 Å². The molecule has 2 heterocycles. The van der Waals surface area contributed by atoms with E-state index in [0.717, 1.165) is 6.07 Å². The fraction of sp³-hybridized carbons (Fsp3) is 0.333. The van der Waals surface area contributed by atoms with Gasteiger partial charge in [0.15, 0.2) is 0 Å². The molecular weight excluding hydrogens is 298 g/mol. The van der Waals surface area contributed by atoms with Crippen molar-refractivity contribution in [1.29, 1.82) is 0 Å². The first-order chi connectivity index (χ1) is 9.74. The lowest BCUT2D eigenvalue weighted by molar-refractivity contribution is 0.0661. The van der Waals surface area contributed by atoms with Gasteiger partial charge in [0.05, 0.1) is 11.4 Å². The van der Waals surface area contributed by atoms with E-state index in [1.165, 1.54) is 11.6 Å². The third-order valence-electron chi connectivity index (χ3n) is 2.86. The zero-order valence-corrected chi connectivity index (χ0v) is 12.6. The molecule has 0 aliphatic heterocycles. The topological polar surface area (TPSA) is 114 Å². The number of carbonyl (C=O) groups is 1. The van der Waals surface area contributed by atoms with Gasteiger partial charge >= 0.3 is 5.97 Å². The highest BCUT2D eigenvalue weighted by Gasteiger charge is 2.25. The molecule has 0 saturated carbocycles. The average Bonchev–Trinajstić information content (AvgIpc) is 2.92. The normalized spacial score (nSPS) is 11.6. The van der Waals surface area contributed by atoms with Gasteiger partial charge in [0.1, 0.15) is 10.7 Å². The minimum Gasteiger partial charge on any atom is -0.475 e. The van der Waals surface area contributed by atoms with Crippen molar-refractivity contribution in [2.24, 2.45) is 7.05 Å². The van der Waals surface area contributed by atoms with Crippen molar-refractivity contribution in [2.45, 2.75) is 25.2 Å². The van der Waals surface area contributed by atoms with E-state index >= 15 is 0 Å². The molecule has 0 spiro atoms. The first kappa shape index (κ1) is 15.1. The minimum atomic E-state index is -3.94. The summed E-state index contributed by atoms with van der Waals surface area (Å²) in [6, 6.07) is 0.988. The molecule has 0 radical (unpaired) electrons. The number of hydrogen-bond acceptors (Lipinski definition) is 5. The maximum Gasteiger partial charge on any atom is 0.371 e. The smallest absolute Gasteiger partial charge is 0.371 e. The van der Waals surface area contributed by atoms with Crippen LogP contribution in [0.3, 0.4) is 0 Å². The van der Waals surface area contributed by atoms with Gasteiger partial charge in [-0.2, -0.15) is 5.10 Å². The SMILES string of the molecule is CCc1nn(C)cc1NS(=O)(=O)c1cc(C(=O)O)oc1C. The molecule has 0 fully saturated rings. The number of anilines is 1. The Balaban J connectivity index is 2.40. The Hall–Kier alpha value is -2.29. The predicted molar refractivity (Wildman–Crippen MR) is 73.8 cm³/mol. The van der Waals surface area contributed by atoms with E-state index in [4.69, 9.17) is 9.52 Å². The van der Waals surface area contributed by atoms with Gasteiger partial charge in [0.2, 0.25) is 5.76 Å². The van der Waals surface area contributed by atoms with Gasteiger partial charge in [0.25, 0.3) is 10.0 Å². The van der Waals surface area contributed by atoms with E-state index in [2.05, 4.69) is 9.82 Å². The molecule has 2 N–H and O–H groups in total. The van der Waals surface area contributed by atoms with Gasteiger partial charge in [-0.05, 0) is 13.3 Å². The second-order valence-electron chi connectivity index (χ2n) is 4.46. The number of nitrogens with zero attached hydrogens (tertiary/aromatic N) is 2. The lowest BCUT2D eigenvalue weighted by Crippen LogP contribution is -2.14. The molecule has 21 heavy (non-hydrogen) atoms. The summed E-state index contributed by atoms with van der Waals surface area (Å²) in [7, 11) is -2.25. The molecule has 9 heteroatoms. The number of sulfonamides is 1. The molecule has 0 atom stereocenters. The second-order valence-corrected chi connectivity index (χ2v) is 6.11. The lowest BCUT2D eigenvalue weighted by atomic mass is 10.3. The highest BCUT2D eigenvalue weighted by Crippen LogP contribution is 2.24. The molecule has 0 aliphatic rings. The van der Waals surface area contributed by atoms with Crippen molar-refractivity contribution in [3.05, 3.63) is 29.5 Å². The van der Waals surface area contributed by atoms with Gasteiger partial charge in [0, 0.05) is 19.3 Å². The second kappa shape index (κ2) is 5.24. The summed E-state index contributed by atoms with van der Waals surface area (Å²) in [4.78, 5) is 10.6. The Morgan fingerprint density at radius 2 is 2.19 bits per heavy atom. The highest BCUT2D eigenvalue weighted by molar-refractivity contribution is 7.92. The highest BCUT2D eigenvalue weighted by atomic mass is 32.2. The monoisotopic (exact) mass is 313 g/mol. The van der Waals surface area contributed by atoms with Gasteiger partial charge in [-0.1, -0.05) is 6.92 Å². The summed E-state index contributed by atoms with van der Waals surface area (Å²) in [5.41, 5.74) is 0.957. The van der Waals surface area contributed by atoms with E-state index in [1.54, 1.807) is 13.2 Å². The number of nitrogens with one attached hydrogen (secondary N) is 1. The third kappa shape index (κ3) is 2.92. The first-order valence-corrected chi connectivity index (χ1v) is 7.62. The summed E-state index contributed by atoms with van der Waals surface area (Å²) in [5.74, 6) is -1.73. The Kier molecular flexibility index (Phi) is 3.77. The quantitative estimate of drug-likeness (QED) is 0.862. The first-order valence-electron chi connectivity index (χ1n) is 6.13. The van der Waals surface area contributed by atoms with Gasteiger partial charge < -0.3 is 9.52 Å². The molecule has 0 amide bonds. The fourth-order valence-corrected chi connectivity index (χ4v) is 3.17. The van der Waals surface area contributed by atoms with Crippen LogP contribution in [0.5, 0.6) is 0 Å². The largest absolute Gasteiger partial charge is 0.475 e. The van der Waals surface area contributed by atoms with Crippen molar-refractivity contribution < 1.29 is 22.7 Å². The maximum atomic E-state index is 12.3. The number of furan rings is 1. The maximum absolute atomic E-state index is 12.3. The molecule has 2 aromatic rings. The zero-order valence-electron chi connectivity index (χ0n) is 11.7. The van der Waals surface area contributed by atoms with Crippen LogP contribution in [-0.4, -0.2) is 29.3 Å². The molecule has 0 saturated heterocycles. The molecular formula is C12H15N3O5S. The summed E-state index contributed by atoms with van der Waals surface area (Å²) >= 11 is 0. The van der Waals surface area contributed by atoms with Crippen LogP contribution in [0.15, 0.2) is 21.6 Å². The van der Waals surface area contributed by atoms with Crippen LogP contribution in [0, 0.1) is 6.92 Å². The molecule has 0 unspecified atom stereocenters. The Labute approximate surface area is 121 Å². The van der Waals surface area contributed by atoms with E-state index in [9.17, 15) is 13.2 Å². The van der Waals surface area contributed by atoms with Crippen LogP contribution in [0.25, 0.3) is 0 Å². The summed E-state index contributed by atoms with van der Waals surface area (Å²) in [6.07, 6.45) is 2.10. The van der Waals surface area contributed by atoms with Crippen molar-refractivity contribution in [2.75, 3.05) is 4.72 Å². The van der Waals surface area contributed by atoms with Crippen molar-refractivity contribution in [1.82, 2.24) is 9.78 Å². The number of aromatic carboxylic acids is 1. The lowest BCUT2D eigenvalue weighted by Gasteiger charge is -2.05. The van der Waals surface area contributed by atoms with Crippen LogP contribution in [-0.2, 0) is 23.5 Å². The standard InChI is InChI=1S/C12H15N3O5S/c1-4-8-9(6-15(3)13-8)14-21(18,19)11-5-10(12(16)17)20-7(11)2/h5-6,14H,4H2,1-3H3,(H,16,17). The minimum absolute atomic E-state index is 0.0156. The van der Waals surface area contributed by atoms with E-state index in [0.29, 0.717) is 17.8 Å². The van der Waals surface area contributed by atoms with Crippen molar-refractivity contribution in [3.63, 3.8) is 0 Å². The molecule has 2 aromatic heterocycles. The van der Waals surface area contributed by atoms with Gasteiger partial charge in [-0.15, -0.1) is 0 Å². The average molecular weight is 313 g/mol. The molecule has 2 rings (SSSR count). The third-order valence-corrected chi connectivity index (χ3v) is 4.33. The van der Waals surface area contributed by atoms with E-state index < -0.39 is 21.8 Å². The van der Waals surface area contributed by atoms with Crippen LogP contribution in [0.1, 0.15) is 28.9 Å². The Morgan fingerprint density at radius 3 is 2.71 bits per heavy atom. The van der Waals surface area contributed by atoms with E-state index in [1.807, 2.05) is 6.92 Å². The number of hydrogen-bond donors (Lipinski definition) is 2. The predicted octanol–water partition coefficient (Wildman–Crippen LogP) is 1.38. The Bertz CT molecular complexity index is 788. The number of rotatable bonds is 5. The molecule has 0 bridgehead atoms. The molecule has 0 aliphatic carbocycles. The van der Waals surface area contributed by atoms with Crippen LogP contribution < -0.4 is 4.72 Å². The van der Waals surface area contributed by atoms with Crippen LogP contribution >= 0.6 is 0 Å². The zero-order chi connectivity index (χ0) is 15.8. The van der Waals surface area contributed by atoms with Crippen molar-refractivity contribution in [3.8, 4) is 0 Å². The Morgan fingerprint density at radius 1 is 1.52 bits per heavy atom. The number of carboxylic acid groups (broad SMARTS) is 1. The summed E-state index contributed by atoms with van der Waals surface area (Å²) in [5, 5.41) is 13.0. The summed E-state index contributed by atoms with van der Waals surface area (Å²) in [6.45, 7) is 3.25. The van der Waals surface area contributed by atoms with Crippen LogP contribution in [0.4, 0.5) is 5.69 Å². The number of carboxylic acids is 1. The van der Waals surface area contributed by atoms with Crippen LogP contribution in [0.2, 0.25) is 0 Å². The van der Waals surface area contributed by atoms with Gasteiger partial charge in [-0.3, -0.25) is 9.40 Å². The molecule has 8 nitrogen and oxygen atoms in total. The van der Waals surface area contributed by atoms with E-state index in [-0.39, 0.29) is 10.7 Å². The fourth-order valence-electron chi connectivity index (χ4n) is 1.92. The molecule has 114 valence electrons. The summed E-state index contributed by atoms with van der Waals surface area (Å²) < 4.78 is 33.5. The van der Waals surface area contributed by atoms with Crippen molar-refractivity contribution >= 4 is 21.7 Å². The number of aryl methyl sites for hydroxylation is 3. The molecule has 0 aromatic carbocycles.